The zero-order chi connectivity index (χ0) is 13.4. The molecule has 0 radical (unpaired) electrons. The first-order valence-corrected chi connectivity index (χ1v) is 5.52. The number of nitrogens with two attached hydrogens (primary N) is 1. The number of nitrogen functional groups attached to an aromatic ring is 1. The Morgan fingerprint density at radius 3 is 2.56 bits per heavy atom. The maximum Gasteiger partial charge on any atom is 0.150 e. The van der Waals surface area contributed by atoms with E-state index in [2.05, 4.69) is 4.98 Å². The van der Waals surface area contributed by atoms with Crippen molar-refractivity contribution in [3.63, 3.8) is 0 Å². The van der Waals surface area contributed by atoms with E-state index >= 15 is 0 Å². The van der Waals surface area contributed by atoms with Gasteiger partial charge in [0.25, 0.3) is 0 Å². The fourth-order valence-electron chi connectivity index (χ4n) is 1.92. The second-order valence-electron chi connectivity index (χ2n) is 4.45. The first-order chi connectivity index (χ1) is 8.40. The molecule has 4 nitrogen and oxygen atoms in total. The van der Waals surface area contributed by atoms with Crippen LogP contribution >= 0.6 is 0 Å². The lowest BCUT2D eigenvalue weighted by Gasteiger charge is -2.17. The van der Waals surface area contributed by atoms with Crippen molar-refractivity contribution in [1.82, 2.24) is 4.98 Å². The van der Waals surface area contributed by atoms with E-state index in [4.69, 9.17) is 11.1 Å². The highest BCUT2D eigenvalue weighted by atomic mass is 19.1. The molecule has 18 heavy (non-hydrogen) atoms. The van der Waals surface area contributed by atoms with E-state index in [0.717, 1.165) is 11.4 Å². The van der Waals surface area contributed by atoms with Gasteiger partial charge in [0, 0.05) is 36.4 Å². The second-order valence-corrected chi connectivity index (χ2v) is 4.45. The first-order valence-electron chi connectivity index (χ1n) is 5.52. The minimum Gasteiger partial charge on any atom is -0.384 e. The lowest BCUT2D eigenvalue weighted by Crippen LogP contribution is -2.13. The topological polar surface area (TPSA) is 66.0 Å². The molecule has 3 N–H and O–H groups in total. The molecule has 1 aromatic carbocycles. The van der Waals surface area contributed by atoms with E-state index in [1.807, 2.05) is 32.0 Å². The number of anilines is 1. The standard InChI is InChI=1S/C13H15FN4/c1-7-4-11(18(2)3)9-5-8(13(15)16)6-10(14)12(9)17-7/h4-6H,1-3H3,(H3,15,16). The number of rotatable bonds is 2. The van der Waals surface area contributed by atoms with Gasteiger partial charge >= 0.3 is 0 Å². The molecule has 0 aliphatic rings. The van der Waals surface area contributed by atoms with E-state index in [-0.39, 0.29) is 5.84 Å². The molecule has 0 aliphatic carbocycles. The summed E-state index contributed by atoms with van der Waals surface area (Å²) in [6.45, 7) is 1.82. The van der Waals surface area contributed by atoms with Crippen molar-refractivity contribution in [2.45, 2.75) is 6.92 Å². The molecule has 2 aromatic rings. The summed E-state index contributed by atoms with van der Waals surface area (Å²) in [5.74, 6) is -0.606. The van der Waals surface area contributed by atoms with Crippen LogP contribution in [0.5, 0.6) is 0 Å². The lowest BCUT2D eigenvalue weighted by atomic mass is 10.1. The van der Waals surface area contributed by atoms with E-state index in [1.165, 1.54) is 6.07 Å². The molecule has 94 valence electrons. The van der Waals surface area contributed by atoms with Crippen LogP contribution in [0.1, 0.15) is 11.3 Å². The fourth-order valence-corrected chi connectivity index (χ4v) is 1.92. The summed E-state index contributed by atoms with van der Waals surface area (Å²) in [5, 5.41) is 8.07. The predicted molar refractivity (Wildman–Crippen MR) is 71.8 cm³/mol. The van der Waals surface area contributed by atoms with Gasteiger partial charge in [0.05, 0.1) is 0 Å². The summed E-state index contributed by atoms with van der Waals surface area (Å²) in [4.78, 5) is 6.09. The quantitative estimate of drug-likeness (QED) is 0.629. The number of amidine groups is 1. The van der Waals surface area contributed by atoms with E-state index in [9.17, 15) is 4.39 Å². The molecule has 0 saturated heterocycles. The Hall–Kier alpha value is -2.17. The first kappa shape index (κ1) is 12.3. The predicted octanol–water partition coefficient (Wildman–Crippen LogP) is 2.03. The molecular formula is C13H15FN4. The molecule has 1 aromatic heterocycles. The molecular weight excluding hydrogens is 231 g/mol. The van der Waals surface area contributed by atoms with Gasteiger partial charge in [0.15, 0.2) is 0 Å². The highest BCUT2D eigenvalue weighted by Gasteiger charge is 2.12. The van der Waals surface area contributed by atoms with Crippen molar-refractivity contribution in [2.24, 2.45) is 5.73 Å². The fraction of sp³-hybridized carbons (Fsp3) is 0.231. The normalized spacial score (nSPS) is 10.7. The average Bonchev–Trinajstić information content (AvgIpc) is 2.28. The molecule has 0 bridgehead atoms. The number of halogens is 1. The third-order valence-electron chi connectivity index (χ3n) is 2.77. The van der Waals surface area contributed by atoms with Crippen LogP contribution in [0.25, 0.3) is 10.9 Å². The van der Waals surface area contributed by atoms with E-state index in [0.29, 0.717) is 16.5 Å². The summed E-state index contributed by atoms with van der Waals surface area (Å²) in [5.41, 5.74) is 7.70. The van der Waals surface area contributed by atoms with Crippen LogP contribution in [-0.4, -0.2) is 24.9 Å². The molecule has 5 heteroatoms. The molecule has 0 saturated carbocycles. The largest absolute Gasteiger partial charge is 0.384 e. The second kappa shape index (κ2) is 4.25. The SMILES string of the molecule is Cc1cc(N(C)C)c2cc(C(=N)N)cc(F)c2n1. The van der Waals surface area contributed by atoms with Gasteiger partial charge in [-0.3, -0.25) is 5.41 Å². The molecule has 0 aliphatic heterocycles. The van der Waals surface area contributed by atoms with Crippen LogP contribution in [0.2, 0.25) is 0 Å². The lowest BCUT2D eigenvalue weighted by molar-refractivity contribution is 0.636. The third-order valence-corrected chi connectivity index (χ3v) is 2.77. The Balaban J connectivity index is 2.88. The van der Waals surface area contributed by atoms with Crippen molar-refractivity contribution in [3.05, 3.63) is 35.3 Å². The van der Waals surface area contributed by atoms with Gasteiger partial charge in [0.1, 0.15) is 17.2 Å². The average molecular weight is 246 g/mol. The summed E-state index contributed by atoms with van der Waals surface area (Å²) < 4.78 is 14.0. The van der Waals surface area contributed by atoms with Crippen LogP contribution in [0.15, 0.2) is 18.2 Å². The van der Waals surface area contributed by atoms with Crippen LogP contribution in [0.3, 0.4) is 0 Å². The van der Waals surface area contributed by atoms with Crippen LogP contribution < -0.4 is 10.6 Å². The number of fused-ring (bicyclic) bond motifs is 1. The van der Waals surface area contributed by atoms with Crippen molar-refractivity contribution >= 4 is 22.4 Å². The smallest absolute Gasteiger partial charge is 0.150 e. The van der Waals surface area contributed by atoms with Gasteiger partial charge < -0.3 is 10.6 Å². The van der Waals surface area contributed by atoms with Crippen LogP contribution in [0.4, 0.5) is 10.1 Å². The maximum atomic E-state index is 14.0. The molecule has 1 heterocycles. The van der Waals surface area contributed by atoms with Crippen molar-refractivity contribution in [1.29, 1.82) is 5.41 Å². The minimum absolute atomic E-state index is 0.152. The Morgan fingerprint density at radius 1 is 1.33 bits per heavy atom. The van der Waals surface area contributed by atoms with Crippen molar-refractivity contribution < 1.29 is 4.39 Å². The number of aryl methyl sites for hydroxylation is 1. The maximum absolute atomic E-state index is 14.0. The van der Waals surface area contributed by atoms with Crippen LogP contribution in [-0.2, 0) is 0 Å². The summed E-state index contributed by atoms with van der Waals surface area (Å²) in [7, 11) is 3.76. The number of pyridine rings is 1. The number of hydrogen-bond donors (Lipinski definition) is 2. The molecule has 0 unspecified atom stereocenters. The van der Waals surface area contributed by atoms with Crippen molar-refractivity contribution in [2.75, 3.05) is 19.0 Å². The highest BCUT2D eigenvalue weighted by molar-refractivity contribution is 6.01. The van der Waals surface area contributed by atoms with Crippen molar-refractivity contribution in [3.8, 4) is 0 Å². The Labute approximate surface area is 105 Å². The molecule has 0 spiro atoms. The summed E-state index contributed by atoms with van der Waals surface area (Å²) >= 11 is 0. The number of hydrogen-bond acceptors (Lipinski definition) is 3. The monoisotopic (exact) mass is 246 g/mol. The number of nitrogens with zero attached hydrogens (tertiary/aromatic N) is 2. The van der Waals surface area contributed by atoms with Crippen LogP contribution in [0, 0.1) is 18.2 Å². The van der Waals surface area contributed by atoms with E-state index in [1.54, 1.807) is 6.07 Å². The Kier molecular flexibility index (Phi) is 2.90. The number of benzene rings is 1. The van der Waals surface area contributed by atoms with Gasteiger partial charge in [-0.1, -0.05) is 0 Å². The molecule has 2 rings (SSSR count). The van der Waals surface area contributed by atoms with Gasteiger partial charge in [-0.15, -0.1) is 0 Å². The molecule has 0 atom stereocenters. The van der Waals surface area contributed by atoms with Gasteiger partial charge in [-0.25, -0.2) is 9.37 Å². The number of aromatic nitrogens is 1. The molecule has 0 amide bonds. The Morgan fingerprint density at radius 2 is 2.00 bits per heavy atom. The minimum atomic E-state index is -0.454. The zero-order valence-corrected chi connectivity index (χ0v) is 10.6. The summed E-state index contributed by atoms with van der Waals surface area (Å²) in [6, 6.07) is 4.82. The third kappa shape index (κ3) is 1.99. The van der Waals surface area contributed by atoms with Gasteiger partial charge in [-0.05, 0) is 25.1 Å². The zero-order valence-electron chi connectivity index (χ0n) is 10.6. The van der Waals surface area contributed by atoms with Gasteiger partial charge in [-0.2, -0.15) is 0 Å². The van der Waals surface area contributed by atoms with Gasteiger partial charge in [0.2, 0.25) is 0 Å². The molecule has 0 fully saturated rings. The summed E-state index contributed by atoms with van der Waals surface area (Å²) in [6.07, 6.45) is 0. The Bertz CT molecular complexity index is 634. The number of nitrogens with one attached hydrogen (secondary N) is 1. The van der Waals surface area contributed by atoms with E-state index < -0.39 is 5.82 Å². The highest BCUT2D eigenvalue weighted by Crippen LogP contribution is 2.28.